The number of amides is 1. The highest BCUT2D eigenvalue weighted by molar-refractivity contribution is 5.98. The normalized spacial score (nSPS) is 14.8. The average Bonchev–Trinajstić information content (AvgIpc) is 2.67. The van der Waals surface area contributed by atoms with Crippen LogP contribution in [-0.4, -0.2) is 60.8 Å². The quantitative estimate of drug-likeness (QED) is 0.626. The monoisotopic (exact) mass is 400 g/mol. The van der Waals surface area contributed by atoms with Gasteiger partial charge in [-0.3, -0.25) is 14.5 Å². The van der Waals surface area contributed by atoms with E-state index in [0.29, 0.717) is 19.1 Å². The van der Waals surface area contributed by atoms with E-state index in [9.17, 15) is 14.0 Å². The SMILES string of the molecule is CCC(CC)N1CCN(C(=O)CCC(=O)c2ccc(OC)c(F)c2)CC1.Cl. The molecule has 0 bridgehead atoms. The summed E-state index contributed by atoms with van der Waals surface area (Å²) < 4.78 is 18.6. The van der Waals surface area contributed by atoms with Crippen molar-refractivity contribution in [3.05, 3.63) is 29.6 Å². The highest BCUT2D eigenvalue weighted by Crippen LogP contribution is 2.19. The van der Waals surface area contributed by atoms with Crippen molar-refractivity contribution >= 4 is 24.1 Å². The van der Waals surface area contributed by atoms with Gasteiger partial charge in [-0.2, -0.15) is 0 Å². The number of carbonyl (C=O) groups excluding carboxylic acids is 2. The molecule has 1 aliphatic rings. The van der Waals surface area contributed by atoms with Crippen LogP contribution < -0.4 is 4.74 Å². The second-order valence-corrected chi connectivity index (χ2v) is 6.66. The molecule has 0 radical (unpaired) electrons. The Morgan fingerprint density at radius 1 is 1.11 bits per heavy atom. The van der Waals surface area contributed by atoms with Gasteiger partial charge in [-0.15, -0.1) is 12.4 Å². The van der Waals surface area contributed by atoms with Crippen LogP contribution in [0.3, 0.4) is 0 Å². The Balaban J connectivity index is 0.00000364. The number of nitrogens with zero attached hydrogens (tertiary/aromatic N) is 2. The molecule has 1 heterocycles. The van der Waals surface area contributed by atoms with Crippen molar-refractivity contribution in [1.29, 1.82) is 0 Å². The first-order chi connectivity index (χ1) is 12.5. The maximum atomic E-state index is 13.7. The van der Waals surface area contributed by atoms with E-state index in [1.807, 2.05) is 4.90 Å². The molecule has 0 atom stereocenters. The Kier molecular flexibility index (Phi) is 9.74. The molecular formula is C20H30ClFN2O3. The van der Waals surface area contributed by atoms with E-state index < -0.39 is 5.82 Å². The minimum atomic E-state index is -0.567. The lowest BCUT2D eigenvalue weighted by atomic mass is 10.1. The van der Waals surface area contributed by atoms with E-state index in [1.165, 1.54) is 25.3 Å². The molecule has 152 valence electrons. The minimum Gasteiger partial charge on any atom is -0.494 e. The molecule has 0 spiro atoms. The molecule has 0 unspecified atom stereocenters. The fourth-order valence-corrected chi connectivity index (χ4v) is 3.50. The van der Waals surface area contributed by atoms with Gasteiger partial charge in [-0.05, 0) is 31.0 Å². The summed E-state index contributed by atoms with van der Waals surface area (Å²) in [6.45, 7) is 7.57. The Morgan fingerprint density at radius 2 is 1.74 bits per heavy atom. The van der Waals surface area contributed by atoms with Gasteiger partial charge in [0.1, 0.15) is 0 Å². The summed E-state index contributed by atoms with van der Waals surface area (Å²) in [6.07, 6.45) is 2.50. The summed E-state index contributed by atoms with van der Waals surface area (Å²) in [7, 11) is 1.38. The largest absolute Gasteiger partial charge is 0.494 e. The number of benzene rings is 1. The van der Waals surface area contributed by atoms with Crippen LogP contribution in [0.1, 0.15) is 49.9 Å². The third kappa shape index (κ3) is 6.18. The number of methoxy groups -OCH3 is 1. The molecule has 1 aliphatic heterocycles. The van der Waals surface area contributed by atoms with E-state index in [1.54, 1.807) is 0 Å². The number of carbonyl (C=O) groups is 2. The molecule has 5 nitrogen and oxygen atoms in total. The van der Waals surface area contributed by atoms with Crippen molar-refractivity contribution in [2.45, 2.75) is 45.6 Å². The standard InChI is InChI=1S/C20H29FN2O3.ClH/c1-4-16(5-2)22-10-12-23(13-11-22)20(25)9-7-18(24)15-6-8-19(26-3)17(21)14-15;/h6,8,14,16H,4-5,7,9-13H2,1-3H3;1H. The summed E-state index contributed by atoms with van der Waals surface area (Å²) in [5.74, 6) is -0.692. The molecule has 7 heteroatoms. The molecule has 0 N–H and O–H groups in total. The molecule has 1 aromatic rings. The Labute approximate surface area is 167 Å². The zero-order chi connectivity index (χ0) is 19.1. The fraction of sp³-hybridized carbons (Fsp3) is 0.600. The maximum Gasteiger partial charge on any atom is 0.223 e. The fourth-order valence-electron chi connectivity index (χ4n) is 3.50. The van der Waals surface area contributed by atoms with Crippen molar-refractivity contribution in [3.8, 4) is 5.75 Å². The van der Waals surface area contributed by atoms with Gasteiger partial charge in [0.2, 0.25) is 5.91 Å². The van der Waals surface area contributed by atoms with Crippen LogP contribution in [0.25, 0.3) is 0 Å². The Morgan fingerprint density at radius 3 is 2.26 bits per heavy atom. The maximum absolute atomic E-state index is 13.7. The van der Waals surface area contributed by atoms with Crippen molar-refractivity contribution < 1.29 is 18.7 Å². The number of hydrogen-bond donors (Lipinski definition) is 0. The topological polar surface area (TPSA) is 49.9 Å². The van der Waals surface area contributed by atoms with E-state index in [-0.39, 0.29) is 48.3 Å². The molecule has 0 aromatic heterocycles. The molecule has 1 saturated heterocycles. The van der Waals surface area contributed by atoms with Crippen LogP contribution >= 0.6 is 12.4 Å². The number of ketones is 1. The van der Waals surface area contributed by atoms with Gasteiger partial charge in [0.05, 0.1) is 7.11 Å². The Hall–Kier alpha value is -1.66. The van der Waals surface area contributed by atoms with Gasteiger partial charge in [-0.1, -0.05) is 13.8 Å². The minimum absolute atomic E-state index is 0. The third-order valence-corrected chi connectivity index (χ3v) is 5.17. The van der Waals surface area contributed by atoms with Crippen LogP contribution in [0, 0.1) is 5.82 Å². The van der Waals surface area contributed by atoms with E-state index >= 15 is 0 Å². The summed E-state index contributed by atoms with van der Waals surface area (Å²) in [4.78, 5) is 28.9. The van der Waals surface area contributed by atoms with Crippen LogP contribution in [0.2, 0.25) is 0 Å². The van der Waals surface area contributed by atoms with Crippen molar-refractivity contribution in [2.24, 2.45) is 0 Å². The summed E-state index contributed by atoms with van der Waals surface area (Å²) >= 11 is 0. The van der Waals surface area contributed by atoms with Crippen LogP contribution in [-0.2, 0) is 4.79 Å². The molecular weight excluding hydrogens is 371 g/mol. The first-order valence-electron chi connectivity index (χ1n) is 9.38. The molecule has 1 amide bonds. The number of piperazine rings is 1. The zero-order valence-electron chi connectivity index (χ0n) is 16.4. The summed E-state index contributed by atoms with van der Waals surface area (Å²) in [5.41, 5.74) is 0.273. The molecule has 1 aromatic carbocycles. The summed E-state index contributed by atoms with van der Waals surface area (Å²) in [5, 5.41) is 0. The van der Waals surface area contributed by atoms with Gasteiger partial charge >= 0.3 is 0 Å². The zero-order valence-corrected chi connectivity index (χ0v) is 17.2. The first-order valence-corrected chi connectivity index (χ1v) is 9.38. The average molecular weight is 401 g/mol. The highest BCUT2D eigenvalue weighted by Gasteiger charge is 2.24. The van der Waals surface area contributed by atoms with E-state index in [4.69, 9.17) is 4.74 Å². The molecule has 0 aliphatic carbocycles. The van der Waals surface area contributed by atoms with Crippen molar-refractivity contribution in [3.63, 3.8) is 0 Å². The molecule has 2 rings (SSSR count). The van der Waals surface area contributed by atoms with Crippen LogP contribution in [0.15, 0.2) is 18.2 Å². The van der Waals surface area contributed by atoms with Gasteiger partial charge in [0.25, 0.3) is 0 Å². The number of ether oxygens (including phenoxy) is 1. The second kappa shape index (κ2) is 11.2. The van der Waals surface area contributed by atoms with Gasteiger partial charge in [-0.25, -0.2) is 4.39 Å². The second-order valence-electron chi connectivity index (χ2n) is 6.66. The number of halogens is 2. The van der Waals surface area contributed by atoms with Crippen molar-refractivity contribution in [2.75, 3.05) is 33.3 Å². The molecule has 1 fully saturated rings. The first kappa shape index (κ1) is 23.4. The molecule has 0 saturated carbocycles. The summed E-state index contributed by atoms with van der Waals surface area (Å²) in [6, 6.07) is 4.71. The van der Waals surface area contributed by atoms with Gasteiger partial charge < -0.3 is 9.64 Å². The Bertz CT molecular complexity index is 630. The third-order valence-electron chi connectivity index (χ3n) is 5.17. The van der Waals surface area contributed by atoms with Gasteiger partial charge in [0, 0.05) is 50.6 Å². The predicted molar refractivity (Wildman–Crippen MR) is 106 cm³/mol. The number of Topliss-reactive ketones (excluding diaryl/α,β-unsaturated/α-hetero) is 1. The highest BCUT2D eigenvalue weighted by atomic mass is 35.5. The predicted octanol–water partition coefficient (Wildman–Crippen LogP) is 3.55. The smallest absolute Gasteiger partial charge is 0.223 e. The lowest BCUT2D eigenvalue weighted by molar-refractivity contribution is -0.133. The lowest BCUT2D eigenvalue weighted by Crippen LogP contribution is -2.51. The van der Waals surface area contributed by atoms with Crippen LogP contribution in [0.4, 0.5) is 4.39 Å². The molecule has 27 heavy (non-hydrogen) atoms. The van der Waals surface area contributed by atoms with Gasteiger partial charge in [0.15, 0.2) is 17.3 Å². The van der Waals surface area contributed by atoms with Crippen LogP contribution in [0.5, 0.6) is 5.75 Å². The van der Waals surface area contributed by atoms with E-state index in [0.717, 1.165) is 25.9 Å². The van der Waals surface area contributed by atoms with E-state index in [2.05, 4.69) is 18.7 Å². The van der Waals surface area contributed by atoms with Crippen molar-refractivity contribution in [1.82, 2.24) is 9.80 Å². The number of rotatable bonds is 8. The number of hydrogen-bond acceptors (Lipinski definition) is 4. The lowest BCUT2D eigenvalue weighted by Gasteiger charge is -2.38.